The van der Waals surface area contributed by atoms with Crippen molar-refractivity contribution in [2.24, 2.45) is 5.73 Å². The summed E-state index contributed by atoms with van der Waals surface area (Å²) in [6, 6.07) is -1.40. The van der Waals surface area contributed by atoms with Gasteiger partial charge >= 0.3 is 80.4 Å². The van der Waals surface area contributed by atoms with Crippen LogP contribution >= 0.6 is 0 Å². The first-order chi connectivity index (χ1) is 4.04. The molecule has 0 heterocycles. The van der Waals surface area contributed by atoms with Gasteiger partial charge in [-0.05, 0) is 0 Å². The molecule has 7 heteroatoms. The molecule has 0 aliphatic heterocycles. The van der Waals surface area contributed by atoms with Crippen molar-refractivity contribution in [2.45, 2.75) is 12.5 Å². The van der Waals surface area contributed by atoms with Crippen LogP contribution in [0.1, 0.15) is 9.27 Å². The van der Waals surface area contributed by atoms with Crippen molar-refractivity contribution < 1.29 is 74.0 Å². The molecule has 0 rings (SSSR count). The van der Waals surface area contributed by atoms with Crippen LogP contribution in [0.3, 0.4) is 0 Å². The van der Waals surface area contributed by atoms with Crippen LogP contribution in [0.2, 0.25) is 0 Å². The number of carbonyl (C=O) groups excluding carboxylic acids is 1. The van der Waals surface area contributed by atoms with Gasteiger partial charge < -0.3 is 23.6 Å². The minimum absolute atomic E-state index is 0. The summed E-state index contributed by atoms with van der Waals surface area (Å²) in [5.74, 6) is -2.79. The maximum atomic E-state index is 9.74. The van der Waals surface area contributed by atoms with E-state index < -0.39 is 24.4 Å². The first-order valence-electron chi connectivity index (χ1n) is 2.22. The summed E-state index contributed by atoms with van der Waals surface area (Å²) in [5, 5.41) is 17.7. The van der Waals surface area contributed by atoms with Crippen molar-refractivity contribution in [1.82, 2.24) is 0 Å². The summed E-state index contributed by atoms with van der Waals surface area (Å²) in [6.07, 6.45) is -0.595. The maximum Gasteiger partial charge on any atom is 2.00 e. The zero-order chi connectivity index (χ0) is 7.44. The fraction of sp³-hybridized carbons (Fsp3) is 0.500. The monoisotopic (exact) mass is 197 g/mol. The Morgan fingerprint density at radius 1 is 1.64 bits per heavy atom. The molecule has 0 saturated carbocycles. The Morgan fingerprint density at radius 3 is 2.09 bits per heavy atom. The molecule has 0 spiro atoms. The average Bonchev–Trinajstić information content (AvgIpc) is 1.63. The molecule has 0 aromatic rings. The van der Waals surface area contributed by atoms with Crippen molar-refractivity contribution in [3.05, 3.63) is 0 Å². The van der Waals surface area contributed by atoms with Gasteiger partial charge in [-0.15, -0.1) is 0 Å². The Morgan fingerprint density at radius 2 is 2.00 bits per heavy atom. The first kappa shape index (κ1) is 18.2. The molecular formula is C4H8KMgNO4. The minimum atomic E-state index is -1.54. The molecule has 0 unspecified atom stereocenters. The van der Waals surface area contributed by atoms with Crippen LogP contribution in [0, 0.1) is 0 Å². The molecule has 0 aromatic heterocycles. The molecule has 1 atom stereocenters. The Hall–Kier alpha value is 1.30. The second-order valence-electron chi connectivity index (χ2n) is 1.52. The number of nitrogens with two attached hydrogens (primary N) is 1. The van der Waals surface area contributed by atoms with Gasteiger partial charge in [0.1, 0.15) is 0 Å². The Labute approximate surface area is 125 Å². The van der Waals surface area contributed by atoms with Crippen molar-refractivity contribution in [3.63, 3.8) is 0 Å². The normalized spacial score (nSPS) is 10.3. The second kappa shape index (κ2) is 9.39. The summed E-state index contributed by atoms with van der Waals surface area (Å²) < 4.78 is 0. The third-order valence-electron chi connectivity index (χ3n) is 0.697. The molecule has 0 aliphatic carbocycles. The zero-order valence-electron chi connectivity index (χ0n) is 8.24. The van der Waals surface area contributed by atoms with Crippen molar-refractivity contribution in [2.75, 3.05) is 0 Å². The van der Waals surface area contributed by atoms with Gasteiger partial charge in [0.15, 0.2) is 0 Å². The molecule has 5 nitrogen and oxygen atoms in total. The second-order valence-corrected chi connectivity index (χ2v) is 1.52. The first-order valence-corrected chi connectivity index (χ1v) is 2.22. The van der Waals surface area contributed by atoms with Gasteiger partial charge in [0.2, 0.25) is 0 Å². The van der Waals surface area contributed by atoms with E-state index in [0.717, 1.165) is 0 Å². The van der Waals surface area contributed by atoms with E-state index in [4.69, 9.17) is 10.8 Å². The molecule has 0 radical (unpaired) electrons. The van der Waals surface area contributed by atoms with Crippen LogP contribution in [0.5, 0.6) is 0 Å². The summed E-state index contributed by atoms with van der Waals surface area (Å²) >= 11 is 0. The molecule has 0 bridgehead atoms. The predicted molar refractivity (Wildman–Crippen MR) is 33.2 cm³/mol. The van der Waals surface area contributed by atoms with Gasteiger partial charge in [-0.3, -0.25) is 4.79 Å². The Balaban J connectivity index is -0.0000000533. The van der Waals surface area contributed by atoms with Crippen LogP contribution in [-0.2, 0) is 9.59 Å². The van der Waals surface area contributed by atoms with Crippen LogP contribution < -0.4 is 62.2 Å². The van der Waals surface area contributed by atoms with E-state index in [-0.39, 0.29) is 77.3 Å². The number of carboxylic acids is 2. The van der Waals surface area contributed by atoms with E-state index in [1.54, 1.807) is 0 Å². The van der Waals surface area contributed by atoms with Gasteiger partial charge in [0, 0.05) is 0 Å². The van der Waals surface area contributed by atoms with Crippen molar-refractivity contribution >= 4 is 35.0 Å². The molecular weight excluding hydrogens is 189 g/mol. The minimum Gasteiger partial charge on any atom is -1.00 e. The van der Waals surface area contributed by atoms with E-state index in [9.17, 15) is 14.7 Å². The SMILES string of the molecule is N[C@@H](CC(=O)O)C(=O)[O-].[H-].[H-].[K+].[Mg+2]. The predicted octanol–water partition coefficient (Wildman–Crippen LogP) is -5.61. The van der Waals surface area contributed by atoms with Crippen LogP contribution in [0.25, 0.3) is 0 Å². The molecule has 0 saturated heterocycles. The molecule has 11 heavy (non-hydrogen) atoms. The summed E-state index contributed by atoms with van der Waals surface area (Å²) in [6.45, 7) is 0. The number of hydrogen-bond acceptors (Lipinski definition) is 4. The van der Waals surface area contributed by atoms with Crippen molar-refractivity contribution in [1.29, 1.82) is 0 Å². The number of rotatable bonds is 3. The smallest absolute Gasteiger partial charge is 1.00 e. The van der Waals surface area contributed by atoms with E-state index in [0.29, 0.717) is 0 Å². The van der Waals surface area contributed by atoms with E-state index in [1.807, 2.05) is 0 Å². The number of hydrogen-bond donors (Lipinski definition) is 2. The number of carbonyl (C=O) groups is 2. The quantitative estimate of drug-likeness (QED) is 0.439. The fourth-order valence-electron chi connectivity index (χ4n) is 0.271. The molecule has 0 fully saturated rings. The fourth-order valence-corrected chi connectivity index (χ4v) is 0.271. The summed E-state index contributed by atoms with van der Waals surface area (Å²) in [7, 11) is 0. The third kappa shape index (κ3) is 11.3. The Kier molecular flexibility index (Phi) is 15.5. The van der Waals surface area contributed by atoms with Crippen molar-refractivity contribution in [3.8, 4) is 0 Å². The van der Waals surface area contributed by atoms with Crippen LogP contribution in [-0.4, -0.2) is 46.1 Å². The van der Waals surface area contributed by atoms with Gasteiger partial charge in [-0.25, -0.2) is 0 Å². The molecule has 0 aliphatic rings. The number of carboxylic acid groups (broad SMARTS) is 2. The molecule has 0 amide bonds. The topological polar surface area (TPSA) is 103 Å². The van der Waals surface area contributed by atoms with Crippen LogP contribution in [0.4, 0.5) is 0 Å². The number of aliphatic carboxylic acids is 2. The summed E-state index contributed by atoms with van der Waals surface area (Å²) in [5.41, 5.74) is 4.77. The standard InChI is InChI=1S/C4H7NO4.K.Mg.2H/c5-2(4(8)9)1-3(6)7;;;;/h2H,1,5H2,(H,6,7)(H,8,9);;;;/q;+1;+2;2*-1/p-1/t2-;;;;/m0..../s1. The van der Waals surface area contributed by atoms with E-state index in [2.05, 4.69) is 0 Å². The van der Waals surface area contributed by atoms with E-state index >= 15 is 0 Å². The molecule has 56 valence electrons. The average molecular weight is 198 g/mol. The maximum absolute atomic E-state index is 9.74. The van der Waals surface area contributed by atoms with E-state index in [1.165, 1.54) is 0 Å². The van der Waals surface area contributed by atoms with Gasteiger partial charge in [0.05, 0.1) is 18.4 Å². The van der Waals surface area contributed by atoms with Gasteiger partial charge in [-0.2, -0.15) is 0 Å². The third-order valence-corrected chi connectivity index (χ3v) is 0.697. The Bertz CT molecular complexity index is 150. The van der Waals surface area contributed by atoms with Gasteiger partial charge in [-0.1, -0.05) is 0 Å². The van der Waals surface area contributed by atoms with Crippen LogP contribution in [0.15, 0.2) is 0 Å². The zero-order valence-corrected chi connectivity index (χ0v) is 10.8. The molecule has 0 aromatic carbocycles. The summed E-state index contributed by atoms with van der Waals surface area (Å²) in [4.78, 5) is 19.5. The molecule has 3 N–H and O–H groups in total. The van der Waals surface area contributed by atoms with Gasteiger partial charge in [0.25, 0.3) is 0 Å². The largest absolute Gasteiger partial charge is 2.00 e.